The van der Waals surface area contributed by atoms with Crippen molar-refractivity contribution in [2.45, 2.75) is 58.0 Å². The van der Waals surface area contributed by atoms with Gasteiger partial charge in [0.05, 0.1) is 19.8 Å². The van der Waals surface area contributed by atoms with E-state index in [0.29, 0.717) is 19.4 Å². The fourth-order valence-electron chi connectivity index (χ4n) is 2.36. The molecule has 1 rings (SSSR count). The second-order valence-corrected chi connectivity index (χ2v) is 5.78. The Bertz CT molecular complexity index is 496. The predicted octanol–water partition coefficient (Wildman–Crippen LogP) is 4.58. The Kier molecular flexibility index (Phi) is 10.6. The first-order valence-corrected chi connectivity index (χ1v) is 8.80. The van der Waals surface area contributed by atoms with E-state index >= 15 is 0 Å². The number of methoxy groups -OCH3 is 1. The number of aliphatic hydroxyl groups excluding tert-OH is 1. The van der Waals surface area contributed by atoms with Gasteiger partial charge in [-0.2, -0.15) is 0 Å². The topological polar surface area (TPSA) is 55.8 Å². The molecular formula is C20H30O4. The fraction of sp³-hybridized carbons (Fsp3) is 0.550. The van der Waals surface area contributed by atoms with Crippen molar-refractivity contribution < 1.29 is 19.4 Å². The molecule has 1 aromatic carbocycles. The lowest BCUT2D eigenvalue weighted by Crippen LogP contribution is -2.03. The SMILES string of the molecule is CCCCCOc1ccccc1C(O)C/C=C\CCCC(=O)OC. The molecule has 1 unspecified atom stereocenters. The zero-order valence-corrected chi connectivity index (χ0v) is 14.9. The first kappa shape index (κ1) is 20.2. The van der Waals surface area contributed by atoms with Gasteiger partial charge in [-0.15, -0.1) is 0 Å². The van der Waals surface area contributed by atoms with Crippen LogP contribution in [0.15, 0.2) is 36.4 Å². The Hall–Kier alpha value is -1.81. The number of hydrogen-bond donors (Lipinski definition) is 1. The maximum atomic E-state index is 11.0. The van der Waals surface area contributed by atoms with E-state index in [0.717, 1.165) is 43.4 Å². The Morgan fingerprint density at radius 3 is 2.75 bits per heavy atom. The van der Waals surface area contributed by atoms with Crippen molar-refractivity contribution in [2.75, 3.05) is 13.7 Å². The van der Waals surface area contributed by atoms with Crippen molar-refractivity contribution in [3.05, 3.63) is 42.0 Å². The normalized spacial score (nSPS) is 12.3. The van der Waals surface area contributed by atoms with Crippen molar-refractivity contribution in [1.82, 2.24) is 0 Å². The average molecular weight is 334 g/mol. The van der Waals surface area contributed by atoms with E-state index < -0.39 is 6.10 Å². The van der Waals surface area contributed by atoms with Crippen molar-refractivity contribution >= 4 is 5.97 Å². The molecule has 0 fully saturated rings. The molecule has 0 spiro atoms. The quantitative estimate of drug-likeness (QED) is 0.345. The van der Waals surface area contributed by atoms with Crippen LogP contribution in [-0.2, 0) is 9.53 Å². The van der Waals surface area contributed by atoms with Crippen molar-refractivity contribution in [3.63, 3.8) is 0 Å². The second kappa shape index (κ2) is 12.6. The summed E-state index contributed by atoms with van der Waals surface area (Å²) in [4.78, 5) is 11.0. The number of esters is 1. The van der Waals surface area contributed by atoms with Crippen LogP contribution < -0.4 is 4.74 Å². The van der Waals surface area contributed by atoms with Gasteiger partial charge in [0.1, 0.15) is 5.75 Å². The number of aliphatic hydroxyl groups is 1. The molecule has 4 heteroatoms. The van der Waals surface area contributed by atoms with Crippen molar-refractivity contribution in [2.24, 2.45) is 0 Å². The lowest BCUT2D eigenvalue weighted by atomic mass is 10.0. The van der Waals surface area contributed by atoms with E-state index in [1.807, 2.05) is 36.4 Å². The van der Waals surface area contributed by atoms with Gasteiger partial charge in [0.25, 0.3) is 0 Å². The van der Waals surface area contributed by atoms with Gasteiger partial charge >= 0.3 is 5.97 Å². The van der Waals surface area contributed by atoms with Crippen LogP contribution in [0.4, 0.5) is 0 Å². The molecular weight excluding hydrogens is 304 g/mol. The van der Waals surface area contributed by atoms with Crippen LogP contribution >= 0.6 is 0 Å². The summed E-state index contributed by atoms with van der Waals surface area (Å²) < 4.78 is 10.4. The van der Waals surface area contributed by atoms with E-state index in [2.05, 4.69) is 11.7 Å². The smallest absolute Gasteiger partial charge is 0.305 e. The van der Waals surface area contributed by atoms with Crippen LogP contribution in [0.3, 0.4) is 0 Å². The highest BCUT2D eigenvalue weighted by atomic mass is 16.5. The van der Waals surface area contributed by atoms with E-state index in [9.17, 15) is 9.90 Å². The molecule has 0 amide bonds. The Morgan fingerprint density at radius 1 is 1.21 bits per heavy atom. The maximum Gasteiger partial charge on any atom is 0.305 e. The Morgan fingerprint density at radius 2 is 2.00 bits per heavy atom. The molecule has 0 aromatic heterocycles. The predicted molar refractivity (Wildman–Crippen MR) is 96.0 cm³/mol. The number of carbonyl (C=O) groups excluding carboxylic acids is 1. The number of ether oxygens (including phenoxy) is 2. The number of rotatable bonds is 12. The van der Waals surface area contributed by atoms with Gasteiger partial charge in [0.15, 0.2) is 0 Å². The molecule has 0 aliphatic rings. The Labute approximate surface area is 145 Å². The van der Waals surface area contributed by atoms with E-state index in [1.165, 1.54) is 7.11 Å². The van der Waals surface area contributed by atoms with Crippen LogP contribution in [0.5, 0.6) is 5.75 Å². The van der Waals surface area contributed by atoms with Crippen LogP contribution in [0.2, 0.25) is 0 Å². The molecule has 0 saturated carbocycles. The number of allylic oxidation sites excluding steroid dienone is 1. The largest absolute Gasteiger partial charge is 0.493 e. The molecule has 1 aromatic rings. The van der Waals surface area contributed by atoms with Gasteiger partial charge in [0, 0.05) is 12.0 Å². The minimum absolute atomic E-state index is 0.183. The van der Waals surface area contributed by atoms with E-state index in [4.69, 9.17) is 4.74 Å². The molecule has 24 heavy (non-hydrogen) atoms. The number of benzene rings is 1. The third-order valence-corrected chi connectivity index (χ3v) is 3.79. The number of carbonyl (C=O) groups is 1. The van der Waals surface area contributed by atoms with E-state index in [-0.39, 0.29) is 5.97 Å². The van der Waals surface area contributed by atoms with Crippen LogP contribution in [0.25, 0.3) is 0 Å². The van der Waals surface area contributed by atoms with Crippen LogP contribution in [0.1, 0.15) is 63.5 Å². The van der Waals surface area contributed by atoms with Gasteiger partial charge in [-0.3, -0.25) is 4.79 Å². The van der Waals surface area contributed by atoms with Crippen molar-refractivity contribution in [3.8, 4) is 5.75 Å². The lowest BCUT2D eigenvalue weighted by Gasteiger charge is -2.15. The summed E-state index contributed by atoms with van der Waals surface area (Å²) >= 11 is 0. The van der Waals surface area contributed by atoms with Gasteiger partial charge < -0.3 is 14.6 Å². The fourth-order valence-corrected chi connectivity index (χ4v) is 2.36. The molecule has 0 bridgehead atoms. The minimum Gasteiger partial charge on any atom is -0.493 e. The standard InChI is InChI=1S/C20H30O4/c1-3-4-11-16-24-19-14-10-9-12-17(19)18(21)13-7-5-6-8-15-20(22)23-2/h5,7,9-10,12,14,18,21H,3-4,6,8,11,13,15-16H2,1-2H3/b7-5-. The molecule has 0 aliphatic heterocycles. The first-order chi connectivity index (χ1) is 11.7. The molecule has 0 radical (unpaired) electrons. The molecule has 134 valence electrons. The number of hydrogen-bond acceptors (Lipinski definition) is 4. The number of para-hydroxylation sites is 1. The molecule has 0 aliphatic carbocycles. The number of unbranched alkanes of at least 4 members (excludes halogenated alkanes) is 3. The minimum atomic E-state index is -0.579. The highest BCUT2D eigenvalue weighted by Crippen LogP contribution is 2.27. The second-order valence-electron chi connectivity index (χ2n) is 5.78. The zero-order chi connectivity index (χ0) is 17.6. The molecule has 0 saturated heterocycles. The van der Waals surface area contributed by atoms with Gasteiger partial charge in [-0.1, -0.05) is 50.1 Å². The zero-order valence-electron chi connectivity index (χ0n) is 14.9. The lowest BCUT2D eigenvalue weighted by molar-refractivity contribution is -0.140. The summed E-state index contributed by atoms with van der Waals surface area (Å²) in [7, 11) is 1.40. The summed E-state index contributed by atoms with van der Waals surface area (Å²) in [6.45, 7) is 2.84. The summed E-state index contributed by atoms with van der Waals surface area (Å²) in [6, 6.07) is 7.65. The Balaban J connectivity index is 2.40. The van der Waals surface area contributed by atoms with Crippen LogP contribution in [-0.4, -0.2) is 24.8 Å². The van der Waals surface area contributed by atoms with Gasteiger partial charge in [-0.25, -0.2) is 0 Å². The summed E-state index contributed by atoms with van der Waals surface area (Å²) in [5.74, 6) is 0.581. The summed E-state index contributed by atoms with van der Waals surface area (Å²) in [5.41, 5.74) is 0.827. The molecule has 4 nitrogen and oxygen atoms in total. The van der Waals surface area contributed by atoms with Gasteiger partial charge in [0.2, 0.25) is 0 Å². The highest BCUT2D eigenvalue weighted by Gasteiger charge is 2.11. The maximum absolute atomic E-state index is 11.0. The molecule has 1 atom stereocenters. The third-order valence-electron chi connectivity index (χ3n) is 3.79. The highest BCUT2D eigenvalue weighted by molar-refractivity contribution is 5.69. The molecule has 1 N–H and O–H groups in total. The van der Waals surface area contributed by atoms with E-state index in [1.54, 1.807) is 0 Å². The summed E-state index contributed by atoms with van der Waals surface area (Å²) in [5, 5.41) is 10.4. The van der Waals surface area contributed by atoms with Gasteiger partial charge in [-0.05, 0) is 31.7 Å². The van der Waals surface area contributed by atoms with Crippen LogP contribution in [0, 0.1) is 0 Å². The monoisotopic (exact) mass is 334 g/mol. The first-order valence-electron chi connectivity index (χ1n) is 8.80. The summed E-state index contributed by atoms with van der Waals surface area (Å²) in [6.07, 6.45) is 9.24. The van der Waals surface area contributed by atoms with Crippen molar-refractivity contribution in [1.29, 1.82) is 0 Å². The average Bonchev–Trinajstić information content (AvgIpc) is 2.61. The molecule has 0 heterocycles. The third kappa shape index (κ3) is 8.16.